The van der Waals surface area contributed by atoms with Crippen molar-refractivity contribution in [2.75, 3.05) is 0 Å². The van der Waals surface area contributed by atoms with Crippen LogP contribution in [0, 0.1) is 17.6 Å². The van der Waals surface area contributed by atoms with E-state index >= 15 is 0 Å². The van der Waals surface area contributed by atoms with Gasteiger partial charge in [-0.2, -0.15) is 0 Å². The van der Waals surface area contributed by atoms with Crippen LogP contribution in [0.4, 0.5) is 8.78 Å². The maximum absolute atomic E-state index is 13.8. The van der Waals surface area contributed by atoms with Crippen molar-refractivity contribution in [3.63, 3.8) is 0 Å². The second-order valence-electron chi connectivity index (χ2n) is 5.75. The van der Waals surface area contributed by atoms with Gasteiger partial charge in [0.15, 0.2) is 0 Å². The van der Waals surface area contributed by atoms with Crippen LogP contribution in [-0.4, -0.2) is 11.9 Å². The smallest absolute Gasteiger partial charge is 0.220 e. The van der Waals surface area contributed by atoms with Crippen LogP contribution in [0.3, 0.4) is 0 Å². The minimum Gasteiger partial charge on any atom is -0.349 e. The van der Waals surface area contributed by atoms with Crippen LogP contribution in [0.25, 0.3) is 0 Å². The fourth-order valence-electron chi connectivity index (χ4n) is 2.99. The summed E-state index contributed by atoms with van der Waals surface area (Å²) >= 11 is 0. The normalized spacial score (nSPS) is 22.0. The molecule has 3 nitrogen and oxygen atoms in total. The van der Waals surface area contributed by atoms with Crippen LogP contribution in [0.1, 0.15) is 50.6 Å². The van der Waals surface area contributed by atoms with Gasteiger partial charge < -0.3 is 11.1 Å². The molecule has 6 heteroatoms. The highest BCUT2D eigenvalue weighted by Gasteiger charge is 2.27. The third-order valence-electron chi connectivity index (χ3n) is 4.25. The van der Waals surface area contributed by atoms with Gasteiger partial charge >= 0.3 is 0 Å². The topological polar surface area (TPSA) is 55.1 Å². The number of carbonyl (C=O) groups excluding carboxylic acids is 1. The zero-order valence-electron chi connectivity index (χ0n) is 12.6. The molecule has 0 radical (unpaired) electrons. The van der Waals surface area contributed by atoms with Crippen molar-refractivity contribution in [3.05, 3.63) is 35.4 Å². The van der Waals surface area contributed by atoms with E-state index in [1.165, 1.54) is 12.1 Å². The molecule has 1 aliphatic carbocycles. The SMILES string of the molecule is CCC(NC(=O)C[C@@H]1CCC[C@H]1N)c1ccc(F)cc1F.Cl. The van der Waals surface area contributed by atoms with Crippen molar-refractivity contribution in [1.82, 2.24) is 5.32 Å². The minimum atomic E-state index is -0.625. The van der Waals surface area contributed by atoms with Gasteiger partial charge in [0.1, 0.15) is 11.6 Å². The van der Waals surface area contributed by atoms with E-state index in [-0.39, 0.29) is 30.3 Å². The Bertz CT molecular complexity index is 513. The predicted molar refractivity (Wildman–Crippen MR) is 84.7 cm³/mol. The summed E-state index contributed by atoms with van der Waals surface area (Å²) < 4.78 is 26.7. The molecule has 124 valence electrons. The number of halogens is 3. The number of carbonyl (C=O) groups is 1. The Hall–Kier alpha value is -1.20. The van der Waals surface area contributed by atoms with E-state index in [0.717, 1.165) is 25.3 Å². The second kappa shape index (κ2) is 8.44. The molecule has 1 aromatic rings. The lowest BCUT2D eigenvalue weighted by Crippen LogP contribution is -2.33. The Labute approximate surface area is 136 Å². The molecule has 1 unspecified atom stereocenters. The van der Waals surface area contributed by atoms with Gasteiger partial charge in [0.05, 0.1) is 6.04 Å². The van der Waals surface area contributed by atoms with E-state index in [9.17, 15) is 13.6 Å². The largest absolute Gasteiger partial charge is 0.349 e. The third-order valence-corrected chi connectivity index (χ3v) is 4.25. The molecule has 3 N–H and O–H groups in total. The van der Waals surface area contributed by atoms with Crippen LogP contribution in [-0.2, 0) is 4.79 Å². The number of hydrogen-bond donors (Lipinski definition) is 2. The summed E-state index contributed by atoms with van der Waals surface area (Å²) in [6.07, 6.45) is 3.91. The van der Waals surface area contributed by atoms with Crippen molar-refractivity contribution in [2.24, 2.45) is 11.7 Å². The number of nitrogens with two attached hydrogens (primary N) is 1. The summed E-state index contributed by atoms with van der Waals surface area (Å²) in [7, 11) is 0. The fourth-order valence-corrected chi connectivity index (χ4v) is 2.99. The first kappa shape index (κ1) is 18.8. The molecule has 22 heavy (non-hydrogen) atoms. The summed E-state index contributed by atoms with van der Waals surface area (Å²) in [5.74, 6) is -1.15. The monoisotopic (exact) mass is 332 g/mol. The molecule has 0 bridgehead atoms. The molecule has 1 amide bonds. The van der Waals surface area contributed by atoms with Crippen LogP contribution < -0.4 is 11.1 Å². The highest BCUT2D eigenvalue weighted by molar-refractivity contribution is 5.85. The number of amides is 1. The molecule has 0 spiro atoms. The molecule has 2 rings (SSSR count). The van der Waals surface area contributed by atoms with Crippen molar-refractivity contribution < 1.29 is 13.6 Å². The molecular formula is C16H23ClF2N2O. The Morgan fingerprint density at radius 2 is 2.14 bits per heavy atom. The molecule has 1 aromatic carbocycles. The van der Waals surface area contributed by atoms with Gasteiger partial charge in [-0.05, 0) is 31.2 Å². The molecule has 0 aromatic heterocycles. The number of benzene rings is 1. The molecular weight excluding hydrogens is 310 g/mol. The van der Waals surface area contributed by atoms with Crippen molar-refractivity contribution in [3.8, 4) is 0 Å². The van der Waals surface area contributed by atoms with Gasteiger partial charge in [0.2, 0.25) is 5.91 Å². The Morgan fingerprint density at radius 1 is 1.41 bits per heavy atom. The van der Waals surface area contributed by atoms with Crippen molar-refractivity contribution >= 4 is 18.3 Å². The van der Waals surface area contributed by atoms with E-state index in [1.54, 1.807) is 0 Å². The molecule has 0 aliphatic heterocycles. The fraction of sp³-hybridized carbons (Fsp3) is 0.562. The second-order valence-corrected chi connectivity index (χ2v) is 5.75. The summed E-state index contributed by atoms with van der Waals surface area (Å²) in [6, 6.07) is 3.09. The maximum atomic E-state index is 13.8. The Balaban J connectivity index is 0.00000242. The zero-order valence-corrected chi connectivity index (χ0v) is 13.5. The van der Waals surface area contributed by atoms with E-state index in [2.05, 4.69) is 5.32 Å². The summed E-state index contributed by atoms with van der Waals surface area (Å²) in [4.78, 5) is 12.1. The maximum Gasteiger partial charge on any atom is 0.220 e. The van der Waals surface area contributed by atoms with Crippen LogP contribution in [0.5, 0.6) is 0 Å². The lowest BCUT2D eigenvalue weighted by atomic mass is 9.98. The van der Waals surface area contributed by atoms with E-state index in [4.69, 9.17) is 5.73 Å². The Morgan fingerprint density at radius 3 is 2.68 bits per heavy atom. The van der Waals surface area contributed by atoms with E-state index < -0.39 is 17.7 Å². The molecule has 1 aliphatic rings. The first-order valence-corrected chi connectivity index (χ1v) is 7.51. The minimum absolute atomic E-state index is 0. The van der Waals surface area contributed by atoms with Crippen molar-refractivity contribution in [2.45, 2.75) is 51.1 Å². The average molecular weight is 333 g/mol. The first-order chi connectivity index (χ1) is 10.0. The Kier molecular flexibility index (Phi) is 7.23. The van der Waals surface area contributed by atoms with Gasteiger partial charge in [-0.1, -0.05) is 19.4 Å². The lowest BCUT2D eigenvalue weighted by Gasteiger charge is -2.20. The van der Waals surface area contributed by atoms with Gasteiger partial charge in [-0.25, -0.2) is 8.78 Å². The van der Waals surface area contributed by atoms with Gasteiger partial charge in [0, 0.05) is 24.1 Å². The highest BCUT2D eigenvalue weighted by atomic mass is 35.5. The zero-order chi connectivity index (χ0) is 15.4. The molecule has 3 atom stereocenters. The van der Waals surface area contributed by atoms with Gasteiger partial charge in [-0.15, -0.1) is 12.4 Å². The van der Waals surface area contributed by atoms with Gasteiger partial charge in [-0.3, -0.25) is 4.79 Å². The number of rotatable bonds is 5. The number of nitrogens with one attached hydrogen (secondary N) is 1. The van der Waals surface area contributed by atoms with Crippen molar-refractivity contribution in [1.29, 1.82) is 0 Å². The first-order valence-electron chi connectivity index (χ1n) is 7.51. The lowest BCUT2D eigenvalue weighted by molar-refractivity contribution is -0.122. The standard InChI is InChI=1S/C16H22F2N2O.ClH/c1-2-15(12-7-6-11(17)9-13(12)18)20-16(21)8-10-4-3-5-14(10)19;/h6-7,9-10,14-15H,2-5,8,19H2,1H3,(H,20,21);1H/t10-,14+,15?;/m0./s1. The highest BCUT2D eigenvalue weighted by Crippen LogP contribution is 2.27. The quantitative estimate of drug-likeness (QED) is 0.867. The summed E-state index contributed by atoms with van der Waals surface area (Å²) in [6.45, 7) is 1.86. The number of hydrogen-bond acceptors (Lipinski definition) is 2. The molecule has 0 heterocycles. The van der Waals surface area contributed by atoms with Crippen LogP contribution in [0.15, 0.2) is 18.2 Å². The third kappa shape index (κ3) is 4.65. The van der Waals surface area contributed by atoms with E-state index in [1.807, 2.05) is 6.92 Å². The van der Waals surface area contributed by atoms with Gasteiger partial charge in [0.25, 0.3) is 0 Å². The molecule has 0 saturated heterocycles. The molecule has 1 saturated carbocycles. The van der Waals surface area contributed by atoms with E-state index in [0.29, 0.717) is 18.4 Å². The average Bonchev–Trinajstić information content (AvgIpc) is 2.82. The summed E-state index contributed by atoms with van der Waals surface area (Å²) in [5.41, 5.74) is 6.28. The molecule has 1 fully saturated rings. The predicted octanol–water partition coefficient (Wildman–Crippen LogP) is 3.47. The summed E-state index contributed by atoms with van der Waals surface area (Å²) in [5, 5.41) is 2.83. The van der Waals surface area contributed by atoms with Crippen LogP contribution >= 0.6 is 12.4 Å². The van der Waals surface area contributed by atoms with Crippen LogP contribution in [0.2, 0.25) is 0 Å².